The average molecular weight is 297 g/mol. The van der Waals surface area contributed by atoms with Crippen LogP contribution in [0.5, 0.6) is 0 Å². The molecule has 0 radical (unpaired) electrons. The first kappa shape index (κ1) is 10.4. The third-order valence-electron chi connectivity index (χ3n) is 1.46. The Morgan fingerprint density at radius 1 is 1.46 bits per heavy atom. The lowest BCUT2D eigenvalue weighted by Gasteiger charge is -2.02. The Bertz CT molecular complexity index is 354. The molecular weight excluding hydrogens is 291 g/mol. The minimum Gasteiger partial charge on any atom is -0.355 e. The van der Waals surface area contributed by atoms with E-state index in [0.29, 0.717) is 3.57 Å². The first-order chi connectivity index (χ1) is 6.06. The summed E-state index contributed by atoms with van der Waals surface area (Å²) in [6.45, 7) is 0. The maximum atomic E-state index is 13.0. The molecule has 1 aromatic carbocycles. The third-order valence-corrected chi connectivity index (χ3v) is 2.09. The molecule has 13 heavy (non-hydrogen) atoms. The Morgan fingerprint density at radius 3 is 2.62 bits per heavy atom. The largest absolute Gasteiger partial charge is 0.355 e. The SMILES string of the molecule is CNC(=O)c1cc(I)cc(F)c1F. The van der Waals surface area contributed by atoms with Crippen molar-refractivity contribution in [2.24, 2.45) is 0 Å². The van der Waals surface area contributed by atoms with Gasteiger partial charge in [-0.05, 0) is 34.7 Å². The molecular formula is C8H6F2INO. The van der Waals surface area contributed by atoms with E-state index < -0.39 is 17.5 Å². The van der Waals surface area contributed by atoms with Gasteiger partial charge in [0.1, 0.15) is 0 Å². The van der Waals surface area contributed by atoms with Crippen molar-refractivity contribution in [1.29, 1.82) is 0 Å². The van der Waals surface area contributed by atoms with Crippen LogP contribution in [0.2, 0.25) is 0 Å². The maximum Gasteiger partial charge on any atom is 0.254 e. The minimum absolute atomic E-state index is 0.271. The molecule has 0 aliphatic rings. The molecule has 0 heterocycles. The lowest BCUT2D eigenvalue weighted by Crippen LogP contribution is -2.20. The molecule has 0 saturated heterocycles. The van der Waals surface area contributed by atoms with Gasteiger partial charge in [-0.15, -0.1) is 0 Å². The maximum absolute atomic E-state index is 13.0. The summed E-state index contributed by atoms with van der Waals surface area (Å²) in [5, 5.41) is 2.23. The van der Waals surface area contributed by atoms with E-state index in [1.54, 1.807) is 0 Å². The molecule has 0 bridgehead atoms. The van der Waals surface area contributed by atoms with Gasteiger partial charge >= 0.3 is 0 Å². The van der Waals surface area contributed by atoms with E-state index in [4.69, 9.17) is 0 Å². The molecule has 1 amide bonds. The van der Waals surface area contributed by atoms with Gasteiger partial charge in [0.15, 0.2) is 11.6 Å². The van der Waals surface area contributed by atoms with E-state index in [1.807, 2.05) is 22.6 Å². The van der Waals surface area contributed by atoms with Crippen LogP contribution in [0.1, 0.15) is 10.4 Å². The number of benzene rings is 1. The molecule has 0 spiro atoms. The van der Waals surface area contributed by atoms with Crippen molar-refractivity contribution < 1.29 is 13.6 Å². The molecule has 1 N–H and O–H groups in total. The van der Waals surface area contributed by atoms with E-state index >= 15 is 0 Å². The lowest BCUT2D eigenvalue weighted by atomic mass is 10.2. The standard InChI is InChI=1S/C8H6F2INO/c1-12-8(13)5-2-4(11)3-6(9)7(5)10/h2-3H,1H3,(H,12,13). The zero-order valence-electron chi connectivity index (χ0n) is 6.70. The van der Waals surface area contributed by atoms with Gasteiger partial charge in [0.25, 0.3) is 5.91 Å². The number of amides is 1. The molecule has 0 fully saturated rings. The summed E-state index contributed by atoms with van der Waals surface area (Å²) in [5.74, 6) is -2.75. The van der Waals surface area contributed by atoms with Crippen molar-refractivity contribution in [3.63, 3.8) is 0 Å². The van der Waals surface area contributed by atoms with Crippen LogP contribution in [0, 0.1) is 15.2 Å². The first-order valence-corrected chi connectivity index (χ1v) is 4.50. The van der Waals surface area contributed by atoms with Crippen LogP contribution in [0.25, 0.3) is 0 Å². The van der Waals surface area contributed by atoms with E-state index in [2.05, 4.69) is 5.32 Å². The molecule has 0 atom stereocenters. The van der Waals surface area contributed by atoms with Gasteiger partial charge in [-0.1, -0.05) is 0 Å². The smallest absolute Gasteiger partial charge is 0.254 e. The Hall–Kier alpha value is -0.720. The molecule has 0 aliphatic heterocycles. The molecule has 0 saturated carbocycles. The van der Waals surface area contributed by atoms with Gasteiger partial charge in [-0.25, -0.2) is 8.78 Å². The number of carbonyl (C=O) groups is 1. The second-order valence-corrected chi connectivity index (χ2v) is 3.57. The molecule has 0 aliphatic carbocycles. The molecule has 0 aromatic heterocycles. The van der Waals surface area contributed by atoms with Crippen LogP contribution in [0.4, 0.5) is 8.78 Å². The Kier molecular flexibility index (Phi) is 3.18. The highest BCUT2D eigenvalue weighted by atomic mass is 127. The predicted octanol–water partition coefficient (Wildman–Crippen LogP) is 1.93. The highest BCUT2D eigenvalue weighted by molar-refractivity contribution is 14.1. The number of hydrogen-bond donors (Lipinski definition) is 1. The van der Waals surface area contributed by atoms with Crippen molar-refractivity contribution in [2.45, 2.75) is 0 Å². The number of halogens is 3. The third kappa shape index (κ3) is 2.15. The minimum atomic E-state index is -1.11. The van der Waals surface area contributed by atoms with Crippen molar-refractivity contribution in [3.8, 4) is 0 Å². The molecule has 2 nitrogen and oxygen atoms in total. The number of carbonyl (C=O) groups excluding carboxylic acids is 1. The van der Waals surface area contributed by atoms with Crippen LogP contribution in [0.3, 0.4) is 0 Å². The topological polar surface area (TPSA) is 29.1 Å². The Morgan fingerprint density at radius 2 is 2.08 bits per heavy atom. The molecule has 1 aromatic rings. The van der Waals surface area contributed by atoms with E-state index in [9.17, 15) is 13.6 Å². The van der Waals surface area contributed by atoms with Gasteiger partial charge in [0.05, 0.1) is 5.56 Å². The molecule has 0 unspecified atom stereocenters. The summed E-state index contributed by atoms with van der Waals surface area (Å²) < 4.78 is 26.2. The van der Waals surface area contributed by atoms with Crippen molar-refractivity contribution in [1.82, 2.24) is 5.32 Å². The van der Waals surface area contributed by atoms with E-state index in [-0.39, 0.29) is 5.56 Å². The number of nitrogens with one attached hydrogen (secondary N) is 1. The molecule has 70 valence electrons. The summed E-state index contributed by atoms with van der Waals surface area (Å²) in [6.07, 6.45) is 0. The fourth-order valence-corrected chi connectivity index (χ4v) is 1.44. The number of rotatable bonds is 1. The Balaban J connectivity index is 3.28. The summed E-state index contributed by atoms with van der Waals surface area (Å²) >= 11 is 1.81. The highest BCUT2D eigenvalue weighted by Crippen LogP contribution is 2.16. The first-order valence-electron chi connectivity index (χ1n) is 3.43. The summed E-state index contributed by atoms with van der Waals surface area (Å²) in [4.78, 5) is 11.0. The summed E-state index contributed by atoms with van der Waals surface area (Å²) in [6, 6.07) is 2.32. The van der Waals surface area contributed by atoms with Crippen LogP contribution in [-0.2, 0) is 0 Å². The van der Waals surface area contributed by atoms with Crippen molar-refractivity contribution in [2.75, 3.05) is 7.05 Å². The second-order valence-electron chi connectivity index (χ2n) is 2.33. The van der Waals surface area contributed by atoms with E-state index in [0.717, 1.165) is 6.07 Å². The summed E-state index contributed by atoms with van der Waals surface area (Å²) in [7, 11) is 1.36. The fourth-order valence-electron chi connectivity index (χ4n) is 0.856. The van der Waals surface area contributed by atoms with Gasteiger partial charge in [0, 0.05) is 10.6 Å². The normalized spacial score (nSPS) is 9.85. The fraction of sp³-hybridized carbons (Fsp3) is 0.125. The van der Waals surface area contributed by atoms with E-state index in [1.165, 1.54) is 13.1 Å². The van der Waals surface area contributed by atoms with Crippen LogP contribution < -0.4 is 5.32 Å². The van der Waals surface area contributed by atoms with Crippen LogP contribution in [-0.4, -0.2) is 13.0 Å². The van der Waals surface area contributed by atoms with Gasteiger partial charge < -0.3 is 5.32 Å². The zero-order valence-corrected chi connectivity index (χ0v) is 8.85. The number of hydrogen-bond acceptors (Lipinski definition) is 1. The van der Waals surface area contributed by atoms with Crippen LogP contribution in [0.15, 0.2) is 12.1 Å². The van der Waals surface area contributed by atoms with Gasteiger partial charge in [-0.2, -0.15) is 0 Å². The van der Waals surface area contributed by atoms with Gasteiger partial charge in [-0.3, -0.25) is 4.79 Å². The highest BCUT2D eigenvalue weighted by Gasteiger charge is 2.15. The lowest BCUT2D eigenvalue weighted by molar-refractivity contribution is 0.0958. The second kappa shape index (κ2) is 3.99. The zero-order chi connectivity index (χ0) is 10.0. The van der Waals surface area contributed by atoms with Crippen LogP contribution >= 0.6 is 22.6 Å². The molecule has 1 rings (SSSR count). The predicted molar refractivity (Wildman–Crippen MR) is 52.5 cm³/mol. The monoisotopic (exact) mass is 297 g/mol. The average Bonchev–Trinajstić information content (AvgIpc) is 2.10. The summed E-state index contributed by atoms with van der Waals surface area (Å²) in [5.41, 5.74) is -0.271. The quantitative estimate of drug-likeness (QED) is 0.623. The van der Waals surface area contributed by atoms with Crippen molar-refractivity contribution in [3.05, 3.63) is 32.9 Å². The van der Waals surface area contributed by atoms with Gasteiger partial charge in [0.2, 0.25) is 0 Å². The van der Waals surface area contributed by atoms with Crippen molar-refractivity contribution >= 4 is 28.5 Å². The molecule has 5 heteroatoms. The Labute approximate surface area is 87.5 Å².